The molecule has 0 spiro atoms. The lowest BCUT2D eigenvalue weighted by molar-refractivity contribution is -0.118. The molecule has 0 radical (unpaired) electrons. The van der Waals surface area contributed by atoms with E-state index in [9.17, 15) is 13.2 Å². The van der Waals surface area contributed by atoms with Crippen molar-refractivity contribution in [2.45, 2.75) is 50.0 Å². The van der Waals surface area contributed by atoms with Crippen LogP contribution in [0.4, 0.5) is 5.69 Å². The summed E-state index contributed by atoms with van der Waals surface area (Å²) in [4.78, 5) is 12.7. The van der Waals surface area contributed by atoms with Gasteiger partial charge in [0, 0.05) is 17.1 Å². The van der Waals surface area contributed by atoms with Crippen LogP contribution in [-0.4, -0.2) is 27.0 Å². The number of fused-ring (bicyclic) bond motifs is 1. The van der Waals surface area contributed by atoms with E-state index in [1.165, 1.54) is 6.07 Å². The van der Waals surface area contributed by atoms with E-state index in [1.807, 2.05) is 42.5 Å². The zero-order valence-electron chi connectivity index (χ0n) is 18.1. The van der Waals surface area contributed by atoms with Crippen LogP contribution < -0.4 is 14.8 Å². The van der Waals surface area contributed by atoms with Gasteiger partial charge in [-0.05, 0) is 55.0 Å². The third kappa shape index (κ3) is 5.29. The fraction of sp³-hybridized carbons (Fsp3) is 0.320. The minimum atomic E-state index is -3.58. The van der Waals surface area contributed by atoms with E-state index in [0.717, 1.165) is 48.6 Å². The van der Waals surface area contributed by atoms with E-state index in [0.29, 0.717) is 11.3 Å². The Morgan fingerprint density at radius 2 is 1.75 bits per heavy atom. The van der Waals surface area contributed by atoms with Crippen molar-refractivity contribution in [3.05, 3.63) is 66.2 Å². The molecule has 0 saturated heterocycles. The molecule has 32 heavy (non-hydrogen) atoms. The summed E-state index contributed by atoms with van der Waals surface area (Å²) in [6, 6.07) is 18.3. The van der Waals surface area contributed by atoms with Gasteiger partial charge in [-0.1, -0.05) is 55.7 Å². The van der Waals surface area contributed by atoms with Crippen LogP contribution in [0.3, 0.4) is 0 Å². The molecule has 4 rings (SSSR count). The average Bonchev–Trinajstić information content (AvgIpc) is 2.79. The Kier molecular flexibility index (Phi) is 6.77. The molecule has 7 heteroatoms. The monoisotopic (exact) mass is 452 g/mol. The molecule has 3 aromatic rings. The van der Waals surface area contributed by atoms with Crippen LogP contribution >= 0.6 is 0 Å². The molecule has 0 bridgehead atoms. The lowest BCUT2D eigenvalue weighted by atomic mass is 9.96. The van der Waals surface area contributed by atoms with Crippen LogP contribution in [0.5, 0.6) is 5.75 Å². The zero-order valence-corrected chi connectivity index (χ0v) is 19.0. The Labute approximate surface area is 189 Å². The highest BCUT2D eigenvalue weighted by Crippen LogP contribution is 2.25. The van der Waals surface area contributed by atoms with Gasteiger partial charge in [0.1, 0.15) is 5.75 Å². The predicted octanol–water partition coefficient (Wildman–Crippen LogP) is 4.78. The molecule has 1 amide bonds. The van der Waals surface area contributed by atoms with Gasteiger partial charge in [-0.2, -0.15) is 0 Å². The number of nitrogens with one attached hydrogen (secondary N) is 2. The van der Waals surface area contributed by atoms with Crippen molar-refractivity contribution in [2.24, 2.45) is 0 Å². The summed E-state index contributed by atoms with van der Waals surface area (Å²) in [6.45, 7) is 1.61. The first-order valence-electron chi connectivity index (χ1n) is 11.0. The smallest absolute Gasteiger partial charge is 0.262 e. The number of benzene rings is 3. The van der Waals surface area contributed by atoms with E-state index in [-0.39, 0.29) is 23.5 Å². The van der Waals surface area contributed by atoms with Crippen LogP contribution in [0, 0.1) is 6.92 Å². The second-order valence-electron chi connectivity index (χ2n) is 8.25. The molecular weight excluding hydrogens is 424 g/mol. The molecule has 1 aliphatic rings. The van der Waals surface area contributed by atoms with Crippen LogP contribution in [0.15, 0.2) is 65.6 Å². The summed E-state index contributed by atoms with van der Waals surface area (Å²) in [5.74, 6) is 0.200. The third-order valence-electron chi connectivity index (χ3n) is 5.81. The average molecular weight is 453 g/mol. The summed E-state index contributed by atoms with van der Waals surface area (Å²) in [5.41, 5.74) is 1.39. The van der Waals surface area contributed by atoms with Crippen LogP contribution in [0.1, 0.15) is 37.7 Å². The molecule has 1 aliphatic carbocycles. The number of aryl methyl sites for hydroxylation is 1. The molecular formula is C25H28N2O4S. The van der Waals surface area contributed by atoms with E-state index in [4.69, 9.17) is 4.74 Å². The predicted molar refractivity (Wildman–Crippen MR) is 126 cm³/mol. The Hall–Kier alpha value is -2.90. The quantitative estimate of drug-likeness (QED) is 0.540. The van der Waals surface area contributed by atoms with Crippen molar-refractivity contribution >= 4 is 32.4 Å². The molecule has 1 saturated carbocycles. The summed E-state index contributed by atoms with van der Waals surface area (Å²) >= 11 is 0. The highest BCUT2D eigenvalue weighted by molar-refractivity contribution is 7.89. The zero-order chi connectivity index (χ0) is 22.6. The molecule has 0 aromatic heterocycles. The van der Waals surface area contributed by atoms with E-state index < -0.39 is 10.0 Å². The molecule has 6 nitrogen and oxygen atoms in total. The number of amides is 1. The summed E-state index contributed by atoms with van der Waals surface area (Å²) in [6.07, 6.45) is 5.04. The number of carbonyl (C=O) groups is 1. The molecule has 0 atom stereocenters. The topological polar surface area (TPSA) is 84.5 Å². The van der Waals surface area contributed by atoms with E-state index >= 15 is 0 Å². The van der Waals surface area contributed by atoms with Crippen molar-refractivity contribution < 1.29 is 17.9 Å². The van der Waals surface area contributed by atoms with Gasteiger partial charge in [0.2, 0.25) is 10.0 Å². The number of carbonyl (C=O) groups excluding carboxylic acids is 1. The minimum Gasteiger partial charge on any atom is -0.483 e. The number of hydrogen-bond acceptors (Lipinski definition) is 4. The summed E-state index contributed by atoms with van der Waals surface area (Å²) in [5, 5.41) is 4.89. The van der Waals surface area contributed by atoms with Crippen molar-refractivity contribution in [2.75, 3.05) is 11.9 Å². The lowest BCUT2D eigenvalue weighted by Crippen LogP contribution is -2.36. The maximum atomic E-state index is 12.7. The van der Waals surface area contributed by atoms with Gasteiger partial charge in [0.05, 0.1) is 4.90 Å². The van der Waals surface area contributed by atoms with Crippen LogP contribution in [0.2, 0.25) is 0 Å². The number of anilines is 1. The molecule has 1 fully saturated rings. The van der Waals surface area contributed by atoms with E-state index in [2.05, 4.69) is 10.0 Å². The maximum absolute atomic E-state index is 12.7. The standard InChI is InChI=1S/C25H28N2O4S/c1-18-16-21(32(29,30)27-20-10-3-2-4-11-20)14-15-24(18)31-17-25(28)26-23-13-7-9-19-8-5-6-12-22(19)23/h5-9,12-16,20,27H,2-4,10-11,17H2,1H3,(H,26,28). The fourth-order valence-corrected chi connectivity index (χ4v) is 5.51. The highest BCUT2D eigenvalue weighted by atomic mass is 32.2. The Morgan fingerprint density at radius 1 is 1.00 bits per heavy atom. The summed E-state index contributed by atoms with van der Waals surface area (Å²) < 4.78 is 33.9. The first-order chi connectivity index (χ1) is 15.4. The SMILES string of the molecule is Cc1cc(S(=O)(=O)NC2CCCCC2)ccc1OCC(=O)Nc1cccc2ccccc12. The molecule has 3 aromatic carbocycles. The van der Waals surface area contributed by atoms with Gasteiger partial charge >= 0.3 is 0 Å². The fourth-order valence-electron chi connectivity index (χ4n) is 4.12. The van der Waals surface area contributed by atoms with Crippen molar-refractivity contribution in [1.29, 1.82) is 0 Å². The maximum Gasteiger partial charge on any atom is 0.262 e. The molecule has 0 unspecified atom stereocenters. The molecule has 168 valence electrons. The highest BCUT2D eigenvalue weighted by Gasteiger charge is 2.22. The first kappa shape index (κ1) is 22.3. The minimum absolute atomic E-state index is 0.00254. The number of rotatable bonds is 7. The second kappa shape index (κ2) is 9.71. The number of sulfonamides is 1. The summed E-state index contributed by atoms with van der Waals surface area (Å²) in [7, 11) is -3.58. The van der Waals surface area contributed by atoms with Gasteiger partial charge < -0.3 is 10.1 Å². The van der Waals surface area contributed by atoms with Gasteiger partial charge in [-0.25, -0.2) is 13.1 Å². The second-order valence-corrected chi connectivity index (χ2v) is 9.96. The van der Waals surface area contributed by atoms with Gasteiger partial charge in [-0.15, -0.1) is 0 Å². The largest absolute Gasteiger partial charge is 0.483 e. The van der Waals surface area contributed by atoms with Gasteiger partial charge in [0.25, 0.3) is 5.91 Å². The van der Waals surface area contributed by atoms with Crippen LogP contribution in [-0.2, 0) is 14.8 Å². The van der Waals surface area contributed by atoms with Gasteiger partial charge in [-0.3, -0.25) is 4.79 Å². The lowest BCUT2D eigenvalue weighted by Gasteiger charge is -2.22. The van der Waals surface area contributed by atoms with E-state index in [1.54, 1.807) is 19.1 Å². The molecule has 0 heterocycles. The van der Waals surface area contributed by atoms with Crippen molar-refractivity contribution in [1.82, 2.24) is 4.72 Å². The number of hydrogen-bond donors (Lipinski definition) is 2. The van der Waals surface area contributed by atoms with Crippen molar-refractivity contribution in [3.63, 3.8) is 0 Å². The Morgan fingerprint density at radius 3 is 2.53 bits per heavy atom. The normalized spacial score (nSPS) is 14.9. The molecule has 0 aliphatic heterocycles. The van der Waals surface area contributed by atoms with Crippen molar-refractivity contribution in [3.8, 4) is 5.75 Å². The first-order valence-corrected chi connectivity index (χ1v) is 12.4. The number of ether oxygens (including phenoxy) is 1. The van der Waals surface area contributed by atoms with Gasteiger partial charge in [0.15, 0.2) is 6.61 Å². The van der Waals surface area contributed by atoms with Crippen LogP contribution in [0.25, 0.3) is 10.8 Å². The Balaban J connectivity index is 1.38. The molecule has 2 N–H and O–H groups in total. The third-order valence-corrected chi connectivity index (χ3v) is 7.32. The Bertz CT molecular complexity index is 1210.